The zero-order valence-corrected chi connectivity index (χ0v) is 20.6. The van der Waals surface area contributed by atoms with Crippen LogP contribution in [0.1, 0.15) is 47.0 Å². The van der Waals surface area contributed by atoms with E-state index in [0.29, 0.717) is 0 Å². The fraction of sp³-hybridized carbons (Fsp3) is 1.00. The molecule has 0 saturated carbocycles. The molecule has 0 aromatic rings. The lowest BCUT2D eigenvalue weighted by Crippen LogP contribution is -2.67. The third-order valence-corrected chi connectivity index (χ3v) is 23.8. The summed E-state index contributed by atoms with van der Waals surface area (Å²) in [5, 5.41) is 0. The Hall–Kier alpha value is 0.708. The summed E-state index contributed by atoms with van der Waals surface area (Å²) in [5.74, 6) is 0. The normalized spacial score (nSPS) is 42.3. The van der Waals surface area contributed by atoms with Gasteiger partial charge in [-0.2, -0.15) is 0 Å². The van der Waals surface area contributed by atoms with Crippen LogP contribution in [0.3, 0.4) is 0 Å². The summed E-state index contributed by atoms with van der Waals surface area (Å²) in [6.45, 7) is 17.7. The molecule has 2 atom stereocenters. The summed E-state index contributed by atoms with van der Waals surface area (Å²) in [6, 6.07) is 4.05. The predicted molar refractivity (Wildman–Crippen MR) is 107 cm³/mol. The Morgan fingerprint density at radius 3 is 0.957 bits per heavy atom. The number of hydrogen-bond acceptors (Lipinski definition) is 4. The van der Waals surface area contributed by atoms with Gasteiger partial charge in [-0.1, -0.05) is 47.0 Å². The summed E-state index contributed by atoms with van der Waals surface area (Å²) < 4.78 is 27.1. The first-order valence-corrected chi connectivity index (χ1v) is 19.5. The van der Waals surface area contributed by atoms with Crippen molar-refractivity contribution in [2.24, 2.45) is 0 Å². The zero-order valence-electron chi connectivity index (χ0n) is 16.6. The molecule has 0 N–H and O–H groups in total. The van der Waals surface area contributed by atoms with Gasteiger partial charge in [-0.05, 0) is 50.4 Å². The Morgan fingerprint density at radius 2 is 0.739 bits per heavy atom. The highest BCUT2D eigenvalue weighted by molar-refractivity contribution is 6.93. The Bertz CT molecular complexity index is 360. The van der Waals surface area contributed by atoms with Crippen LogP contribution in [-0.4, -0.2) is 34.2 Å². The molecule has 1 aliphatic heterocycles. The van der Waals surface area contributed by atoms with E-state index in [-0.39, 0.29) is 0 Å². The van der Waals surface area contributed by atoms with Gasteiger partial charge in [0.25, 0.3) is 0 Å². The summed E-state index contributed by atoms with van der Waals surface area (Å²) >= 11 is 0. The van der Waals surface area contributed by atoms with Gasteiger partial charge in [0.05, 0.1) is 0 Å². The van der Waals surface area contributed by atoms with Crippen LogP contribution in [0.25, 0.3) is 0 Å². The highest BCUT2D eigenvalue weighted by Gasteiger charge is 2.55. The van der Waals surface area contributed by atoms with E-state index in [2.05, 4.69) is 53.9 Å². The third kappa shape index (κ3) is 6.18. The average Bonchev–Trinajstić information content (AvgIpc) is 2.36. The first kappa shape index (κ1) is 21.7. The van der Waals surface area contributed by atoms with Gasteiger partial charge in [-0.25, -0.2) is 0 Å². The van der Waals surface area contributed by atoms with Crippen LogP contribution in [0.15, 0.2) is 0 Å². The maximum absolute atomic E-state index is 6.81. The van der Waals surface area contributed by atoms with Crippen molar-refractivity contribution >= 4 is 34.2 Å². The Kier molecular flexibility index (Phi) is 7.94. The second kappa shape index (κ2) is 8.39. The first-order chi connectivity index (χ1) is 10.6. The minimum absolute atomic E-state index is 0.963. The average molecular weight is 395 g/mol. The van der Waals surface area contributed by atoms with E-state index in [9.17, 15) is 0 Å². The van der Waals surface area contributed by atoms with Crippen LogP contribution in [-0.2, 0) is 16.5 Å². The molecule has 0 aliphatic carbocycles. The SMILES string of the molecule is CCC[Si]1(C)O[Si](C)(CC)O[Si](C)(CCC)O[Si](C)(CCC)O1. The standard InChI is InChI=1S/C15H38O4Si4/c1-9-13-21(6)16-20(5,12-4)17-22(7,14-10-2)19-23(8,18-21)15-11-3/h9-15H2,1-8H3. The summed E-state index contributed by atoms with van der Waals surface area (Å²) in [4.78, 5) is 0. The molecule has 0 aromatic carbocycles. The Morgan fingerprint density at radius 1 is 0.478 bits per heavy atom. The fourth-order valence-electron chi connectivity index (χ4n) is 3.72. The summed E-state index contributed by atoms with van der Waals surface area (Å²) in [7, 11) is -8.95. The smallest absolute Gasteiger partial charge is 0.317 e. The molecule has 4 nitrogen and oxygen atoms in total. The van der Waals surface area contributed by atoms with E-state index >= 15 is 0 Å². The van der Waals surface area contributed by atoms with Gasteiger partial charge in [0, 0.05) is 0 Å². The molecule has 138 valence electrons. The molecule has 0 bridgehead atoms. The van der Waals surface area contributed by atoms with Gasteiger partial charge in [0.15, 0.2) is 0 Å². The van der Waals surface area contributed by atoms with Gasteiger partial charge < -0.3 is 16.5 Å². The highest BCUT2D eigenvalue weighted by Crippen LogP contribution is 2.37. The molecule has 1 fully saturated rings. The van der Waals surface area contributed by atoms with Crippen molar-refractivity contribution in [3.63, 3.8) is 0 Å². The second-order valence-corrected chi connectivity index (χ2v) is 22.1. The van der Waals surface area contributed by atoms with Crippen LogP contribution in [0, 0.1) is 0 Å². The molecular formula is C15H38O4Si4. The molecule has 2 unspecified atom stereocenters. The molecule has 0 aromatic heterocycles. The molecule has 1 heterocycles. The number of hydrogen-bond donors (Lipinski definition) is 0. The van der Waals surface area contributed by atoms with E-state index in [1.165, 1.54) is 0 Å². The van der Waals surface area contributed by atoms with Crippen LogP contribution in [0.2, 0.25) is 50.4 Å². The van der Waals surface area contributed by atoms with Crippen LogP contribution in [0.5, 0.6) is 0 Å². The predicted octanol–water partition coefficient (Wildman–Crippen LogP) is 5.60. The Balaban J connectivity index is 3.21. The van der Waals surface area contributed by atoms with Crippen molar-refractivity contribution in [1.82, 2.24) is 0 Å². The molecule has 1 saturated heterocycles. The maximum atomic E-state index is 6.81. The molecule has 8 heteroatoms. The zero-order chi connectivity index (χ0) is 17.8. The van der Waals surface area contributed by atoms with E-state index in [4.69, 9.17) is 16.5 Å². The van der Waals surface area contributed by atoms with Gasteiger partial charge >= 0.3 is 34.2 Å². The monoisotopic (exact) mass is 394 g/mol. The van der Waals surface area contributed by atoms with E-state index in [1.807, 2.05) is 0 Å². The van der Waals surface area contributed by atoms with Gasteiger partial charge in [0.1, 0.15) is 0 Å². The minimum Gasteiger partial charge on any atom is -0.416 e. The molecule has 0 radical (unpaired) electrons. The third-order valence-electron chi connectivity index (χ3n) is 4.48. The van der Waals surface area contributed by atoms with Crippen molar-refractivity contribution < 1.29 is 16.5 Å². The molecule has 1 aliphatic rings. The van der Waals surface area contributed by atoms with E-state index in [0.717, 1.165) is 43.4 Å². The molecular weight excluding hydrogens is 357 g/mol. The lowest BCUT2D eigenvalue weighted by Gasteiger charge is -2.50. The lowest BCUT2D eigenvalue weighted by atomic mass is 10.6. The highest BCUT2D eigenvalue weighted by atomic mass is 28.5. The van der Waals surface area contributed by atoms with Crippen LogP contribution in [0.4, 0.5) is 0 Å². The largest absolute Gasteiger partial charge is 0.416 e. The fourth-order valence-corrected chi connectivity index (χ4v) is 26.8. The van der Waals surface area contributed by atoms with Gasteiger partial charge in [-0.3, -0.25) is 0 Å². The summed E-state index contributed by atoms with van der Waals surface area (Å²) in [6.07, 6.45) is 3.28. The van der Waals surface area contributed by atoms with Crippen molar-refractivity contribution in [3.8, 4) is 0 Å². The van der Waals surface area contributed by atoms with Crippen LogP contribution >= 0.6 is 0 Å². The van der Waals surface area contributed by atoms with Crippen molar-refractivity contribution in [2.75, 3.05) is 0 Å². The summed E-state index contributed by atoms with van der Waals surface area (Å²) in [5.41, 5.74) is 0. The topological polar surface area (TPSA) is 36.9 Å². The Labute approximate surface area is 148 Å². The molecule has 0 spiro atoms. The van der Waals surface area contributed by atoms with Gasteiger partial charge in [0.2, 0.25) is 0 Å². The van der Waals surface area contributed by atoms with Gasteiger partial charge in [-0.15, -0.1) is 0 Å². The van der Waals surface area contributed by atoms with Crippen molar-refractivity contribution in [3.05, 3.63) is 0 Å². The molecule has 1 rings (SSSR count). The van der Waals surface area contributed by atoms with E-state index in [1.54, 1.807) is 0 Å². The minimum atomic E-state index is -2.24. The number of rotatable bonds is 7. The quantitative estimate of drug-likeness (QED) is 0.526. The van der Waals surface area contributed by atoms with Crippen molar-refractivity contribution in [2.45, 2.75) is 97.3 Å². The maximum Gasteiger partial charge on any atom is 0.317 e. The first-order valence-electron chi connectivity index (χ1n) is 9.38. The van der Waals surface area contributed by atoms with Crippen LogP contribution < -0.4 is 0 Å². The van der Waals surface area contributed by atoms with E-state index < -0.39 is 34.2 Å². The molecule has 0 amide bonds. The van der Waals surface area contributed by atoms with Crippen molar-refractivity contribution in [1.29, 1.82) is 0 Å². The molecule has 23 heavy (non-hydrogen) atoms. The second-order valence-electron chi connectivity index (χ2n) is 7.55. The lowest BCUT2D eigenvalue weighted by molar-refractivity contribution is 0.222.